The third kappa shape index (κ3) is 3.90. The minimum atomic E-state index is -0.408. The number of benzene rings is 1. The highest BCUT2D eigenvalue weighted by molar-refractivity contribution is 5.93. The van der Waals surface area contributed by atoms with Crippen molar-refractivity contribution < 1.29 is 9.59 Å². The Kier molecular flexibility index (Phi) is 5.16. The number of nitrogens with zero attached hydrogens (tertiary/aromatic N) is 3. The van der Waals surface area contributed by atoms with Gasteiger partial charge in [-0.1, -0.05) is 19.1 Å². The third-order valence-electron chi connectivity index (χ3n) is 4.68. The molecule has 3 rings (SSSR count). The smallest absolute Gasteiger partial charge is 0.272 e. The number of aromatic nitrogens is 2. The van der Waals surface area contributed by atoms with E-state index >= 15 is 0 Å². The molecule has 6 heteroatoms. The molecular weight excluding hydrogens is 316 g/mol. The quantitative estimate of drug-likeness (QED) is 0.874. The molecule has 0 spiro atoms. The molecule has 0 aliphatic carbocycles. The fraction of sp³-hybridized carbons (Fsp3) is 0.421. The van der Waals surface area contributed by atoms with Crippen molar-refractivity contribution in [3.8, 4) is 0 Å². The van der Waals surface area contributed by atoms with Crippen LogP contribution in [0.15, 0.2) is 36.5 Å². The fourth-order valence-corrected chi connectivity index (χ4v) is 3.43. The van der Waals surface area contributed by atoms with Crippen molar-refractivity contribution in [1.82, 2.24) is 14.7 Å². The Bertz CT molecular complexity index is 768. The molecule has 1 aliphatic heterocycles. The number of nitrogens with two attached hydrogens (primary N) is 1. The Morgan fingerprint density at radius 1 is 1.32 bits per heavy atom. The van der Waals surface area contributed by atoms with Gasteiger partial charge in [0.15, 0.2) is 0 Å². The molecule has 1 atom stereocenters. The summed E-state index contributed by atoms with van der Waals surface area (Å²) in [7, 11) is 0. The minimum Gasteiger partial charge on any atom is -0.366 e. The molecule has 6 nitrogen and oxygen atoms in total. The second-order valence-corrected chi connectivity index (χ2v) is 6.61. The molecule has 25 heavy (non-hydrogen) atoms. The van der Waals surface area contributed by atoms with Gasteiger partial charge in [-0.15, -0.1) is 0 Å². The van der Waals surface area contributed by atoms with Gasteiger partial charge in [-0.3, -0.25) is 14.3 Å². The number of hydrogen-bond acceptors (Lipinski definition) is 3. The summed E-state index contributed by atoms with van der Waals surface area (Å²) in [6, 6.07) is 9.24. The first-order valence-corrected chi connectivity index (χ1v) is 8.78. The summed E-state index contributed by atoms with van der Waals surface area (Å²) in [5.74, 6) is 0.0447. The Hall–Kier alpha value is -2.63. The van der Waals surface area contributed by atoms with Crippen LogP contribution in [0.1, 0.15) is 46.2 Å². The third-order valence-corrected chi connectivity index (χ3v) is 4.68. The number of aryl methyl sites for hydroxylation is 1. The Balaban J connectivity index is 1.63. The molecule has 1 unspecified atom stereocenters. The zero-order valence-electron chi connectivity index (χ0n) is 14.5. The van der Waals surface area contributed by atoms with Crippen molar-refractivity contribution in [2.24, 2.45) is 11.7 Å². The number of carbonyl (C=O) groups excluding carboxylic acids is 2. The van der Waals surface area contributed by atoms with Gasteiger partial charge in [-0.25, -0.2) is 0 Å². The molecule has 1 aromatic heterocycles. The maximum absolute atomic E-state index is 12.7. The van der Waals surface area contributed by atoms with Gasteiger partial charge in [0.25, 0.3) is 5.91 Å². The molecule has 0 radical (unpaired) electrons. The maximum atomic E-state index is 12.7. The first-order valence-electron chi connectivity index (χ1n) is 8.78. The van der Waals surface area contributed by atoms with Crippen molar-refractivity contribution in [2.75, 3.05) is 13.1 Å². The van der Waals surface area contributed by atoms with Gasteiger partial charge in [0, 0.05) is 31.4 Å². The number of likely N-dealkylation sites (tertiary alicyclic amines) is 1. The van der Waals surface area contributed by atoms with Crippen LogP contribution < -0.4 is 5.73 Å². The second-order valence-electron chi connectivity index (χ2n) is 6.61. The van der Waals surface area contributed by atoms with Crippen LogP contribution in [-0.2, 0) is 13.0 Å². The predicted molar refractivity (Wildman–Crippen MR) is 95.2 cm³/mol. The van der Waals surface area contributed by atoms with E-state index in [-0.39, 0.29) is 5.91 Å². The van der Waals surface area contributed by atoms with Crippen LogP contribution in [0.25, 0.3) is 0 Å². The van der Waals surface area contributed by atoms with E-state index in [0.717, 1.165) is 44.5 Å². The first-order chi connectivity index (χ1) is 12.1. The van der Waals surface area contributed by atoms with Gasteiger partial charge in [0.1, 0.15) is 5.69 Å². The molecule has 1 aliphatic rings. The summed E-state index contributed by atoms with van der Waals surface area (Å²) in [6.45, 7) is 4.32. The van der Waals surface area contributed by atoms with E-state index in [4.69, 9.17) is 5.73 Å². The molecule has 1 fully saturated rings. The molecule has 2 amide bonds. The van der Waals surface area contributed by atoms with E-state index in [1.54, 1.807) is 23.0 Å². The SMILES string of the molecule is CCCn1nccc1C(=O)N1CCC(Cc2cccc(C(N)=O)c2)C1. The average Bonchev–Trinajstić information content (AvgIpc) is 3.24. The van der Waals surface area contributed by atoms with Crippen molar-refractivity contribution in [1.29, 1.82) is 0 Å². The van der Waals surface area contributed by atoms with Crippen LogP contribution in [0.5, 0.6) is 0 Å². The van der Waals surface area contributed by atoms with Crippen LogP contribution in [0, 0.1) is 5.92 Å². The van der Waals surface area contributed by atoms with Crippen LogP contribution in [0.2, 0.25) is 0 Å². The lowest BCUT2D eigenvalue weighted by Crippen LogP contribution is -2.31. The molecule has 0 bridgehead atoms. The highest BCUT2D eigenvalue weighted by Gasteiger charge is 2.28. The van der Waals surface area contributed by atoms with Crippen LogP contribution in [-0.4, -0.2) is 39.6 Å². The topological polar surface area (TPSA) is 81.2 Å². The Morgan fingerprint density at radius 2 is 2.16 bits per heavy atom. The molecule has 2 N–H and O–H groups in total. The number of carbonyl (C=O) groups is 2. The van der Waals surface area contributed by atoms with Crippen LogP contribution in [0.4, 0.5) is 0 Å². The van der Waals surface area contributed by atoms with Crippen molar-refractivity contribution in [2.45, 2.75) is 32.7 Å². The maximum Gasteiger partial charge on any atom is 0.272 e. The van der Waals surface area contributed by atoms with E-state index < -0.39 is 5.91 Å². The first kappa shape index (κ1) is 17.2. The lowest BCUT2D eigenvalue weighted by atomic mass is 9.97. The molecule has 2 aromatic rings. The number of hydrogen-bond donors (Lipinski definition) is 1. The summed E-state index contributed by atoms with van der Waals surface area (Å²) < 4.78 is 1.78. The van der Waals surface area contributed by atoms with E-state index in [1.165, 1.54) is 0 Å². The Labute approximate surface area is 147 Å². The predicted octanol–water partition coefficient (Wildman–Crippen LogP) is 2.10. The zero-order chi connectivity index (χ0) is 17.8. The van der Waals surface area contributed by atoms with Crippen LogP contribution in [0.3, 0.4) is 0 Å². The van der Waals surface area contributed by atoms with Crippen molar-refractivity contribution >= 4 is 11.8 Å². The van der Waals surface area contributed by atoms with E-state index in [0.29, 0.717) is 17.2 Å². The molecule has 1 saturated heterocycles. The highest BCUT2D eigenvalue weighted by atomic mass is 16.2. The average molecular weight is 340 g/mol. The fourth-order valence-electron chi connectivity index (χ4n) is 3.43. The van der Waals surface area contributed by atoms with Gasteiger partial charge >= 0.3 is 0 Å². The van der Waals surface area contributed by atoms with E-state index in [1.807, 2.05) is 23.1 Å². The lowest BCUT2D eigenvalue weighted by molar-refractivity contribution is 0.0774. The second kappa shape index (κ2) is 7.51. The van der Waals surface area contributed by atoms with E-state index in [9.17, 15) is 9.59 Å². The van der Waals surface area contributed by atoms with E-state index in [2.05, 4.69) is 12.0 Å². The number of amides is 2. The standard InChI is InChI=1S/C19H24N4O2/c1-2-9-23-17(6-8-21-23)19(25)22-10-7-15(13-22)11-14-4-3-5-16(12-14)18(20)24/h3-6,8,12,15H,2,7,9-11,13H2,1H3,(H2,20,24). The van der Waals surface area contributed by atoms with Crippen molar-refractivity contribution in [3.05, 3.63) is 53.3 Å². The summed E-state index contributed by atoms with van der Waals surface area (Å²) >= 11 is 0. The van der Waals surface area contributed by atoms with Crippen molar-refractivity contribution in [3.63, 3.8) is 0 Å². The summed E-state index contributed by atoms with van der Waals surface area (Å²) in [5, 5.41) is 4.24. The molecule has 132 valence electrons. The highest BCUT2D eigenvalue weighted by Crippen LogP contribution is 2.23. The molecule has 1 aromatic carbocycles. The minimum absolute atomic E-state index is 0.0549. The number of primary amides is 1. The largest absolute Gasteiger partial charge is 0.366 e. The van der Waals surface area contributed by atoms with Gasteiger partial charge in [0.2, 0.25) is 5.91 Å². The summed E-state index contributed by atoms with van der Waals surface area (Å²) in [5.41, 5.74) is 7.63. The summed E-state index contributed by atoms with van der Waals surface area (Å²) in [6.07, 6.45) is 4.44. The van der Waals surface area contributed by atoms with Gasteiger partial charge < -0.3 is 10.6 Å². The molecular formula is C19H24N4O2. The van der Waals surface area contributed by atoms with Gasteiger partial charge in [0.05, 0.1) is 0 Å². The molecule has 2 heterocycles. The Morgan fingerprint density at radius 3 is 2.92 bits per heavy atom. The normalized spacial score (nSPS) is 17.0. The van der Waals surface area contributed by atoms with Crippen LogP contribution >= 0.6 is 0 Å². The number of rotatable bonds is 6. The van der Waals surface area contributed by atoms with Gasteiger partial charge in [-0.05, 0) is 48.9 Å². The monoisotopic (exact) mass is 340 g/mol. The molecule has 0 saturated carbocycles. The lowest BCUT2D eigenvalue weighted by Gasteiger charge is -2.17. The van der Waals surface area contributed by atoms with Gasteiger partial charge in [-0.2, -0.15) is 5.10 Å². The summed E-state index contributed by atoms with van der Waals surface area (Å²) in [4.78, 5) is 26.0. The zero-order valence-corrected chi connectivity index (χ0v) is 14.5.